The Morgan fingerprint density at radius 3 is 2.50 bits per heavy atom. The average molecular weight is 399 g/mol. The number of fused-ring (bicyclic) bond motifs is 1. The SMILES string of the molecule is O=C(c1ccc(F)cc1F)C(F)(F)c1cnc2cc(Br)ccc2n1. The highest BCUT2D eigenvalue weighted by molar-refractivity contribution is 9.10. The van der Waals surface area contributed by atoms with Crippen LogP contribution in [0.3, 0.4) is 0 Å². The summed E-state index contributed by atoms with van der Waals surface area (Å²) in [6.45, 7) is 0. The maximum atomic E-state index is 14.4. The van der Waals surface area contributed by atoms with Gasteiger partial charge in [0, 0.05) is 10.5 Å². The zero-order valence-electron chi connectivity index (χ0n) is 11.7. The van der Waals surface area contributed by atoms with Crippen LogP contribution in [0.5, 0.6) is 0 Å². The number of hydrogen-bond acceptors (Lipinski definition) is 3. The zero-order valence-corrected chi connectivity index (χ0v) is 13.3. The van der Waals surface area contributed by atoms with Gasteiger partial charge in [-0.05, 0) is 30.3 Å². The molecule has 0 aliphatic carbocycles. The van der Waals surface area contributed by atoms with Crippen LogP contribution in [0.2, 0.25) is 0 Å². The maximum absolute atomic E-state index is 14.4. The van der Waals surface area contributed by atoms with Gasteiger partial charge in [0.05, 0.1) is 22.8 Å². The lowest BCUT2D eigenvalue weighted by Crippen LogP contribution is -2.28. The van der Waals surface area contributed by atoms with Gasteiger partial charge in [-0.2, -0.15) is 8.78 Å². The topological polar surface area (TPSA) is 42.9 Å². The van der Waals surface area contributed by atoms with E-state index in [9.17, 15) is 22.4 Å². The van der Waals surface area contributed by atoms with E-state index in [1.807, 2.05) is 0 Å². The van der Waals surface area contributed by atoms with Crippen molar-refractivity contribution in [2.75, 3.05) is 0 Å². The van der Waals surface area contributed by atoms with Crippen LogP contribution in [0, 0.1) is 11.6 Å². The molecule has 0 saturated heterocycles. The number of Topliss-reactive ketones (excluding diaryl/α,β-unsaturated/α-hetero) is 1. The van der Waals surface area contributed by atoms with Gasteiger partial charge in [-0.15, -0.1) is 0 Å². The first-order chi connectivity index (χ1) is 11.3. The van der Waals surface area contributed by atoms with Crippen molar-refractivity contribution in [3.05, 3.63) is 70.0 Å². The molecule has 0 aliphatic rings. The summed E-state index contributed by atoms with van der Waals surface area (Å²) in [5, 5.41) is 0. The van der Waals surface area contributed by atoms with Gasteiger partial charge in [-0.25, -0.2) is 13.8 Å². The third-order valence-corrected chi connectivity index (χ3v) is 3.78. The molecule has 8 heteroatoms. The van der Waals surface area contributed by atoms with Crippen molar-refractivity contribution >= 4 is 32.7 Å². The molecule has 0 aliphatic heterocycles. The summed E-state index contributed by atoms with van der Waals surface area (Å²) in [6.07, 6.45) is 0.758. The molecular formula is C16H7BrF4N2O. The van der Waals surface area contributed by atoms with Gasteiger partial charge < -0.3 is 0 Å². The molecule has 1 heterocycles. The Bertz CT molecular complexity index is 962. The normalized spacial score (nSPS) is 11.7. The van der Waals surface area contributed by atoms with E-state index in [1.165, 1.54) is 6.07 Å². The molecule has 3 nitrogen and oxygen atoms in total. The van der Waals surface area contributed by atoms with E-state index in [4.69, 9.17) is 0 Å². The first kappa shape index (κ1) is 16.5. The summed E-state index contributed by atoms with van der Waals surface area (Å²) >= 11 is 3.22. The molecule has 3 rings (SSSR count). The number of carbonyl (C=O) groups excluding carboxylic acids is 1. The highest BCUT2D eigenvalue weighted by Gasteiger charge is 2.44. The number of carbonyl (C=O) groups is 1. The Morgan fingerprint density at radius 1 is 1.04 bits per heavy atom. The maximum Gasteiger partial charge on any atom is 0.353 e. The van der Waals surface area contributed by atoms with Crippen LogP contribution in [0.25, 0.3) is 11.0 Å². The van der Waals surface area contributed by atoms with Gasteiger partial charge in [-0.1, -0.05) is 15.9 Å². The second kappa shape index (κ2) is 5.94. The summed E-state index contributed by atoms with van der Waals surface area (Å²) < 4.78 is 56.0. The third kappa shape index (κ3) is 2.89. The van der Waals surface area contributed by atoms with Gasteiger partial charge in [-0.3, -0.25) is 9.78 Å². The Kier molecular flexibility index (Phi) is 4.08. The van der Waals surface area contributed by atoms with Crippen LogP contribution >= 0.6 is 15.9 Å². The lowest BCUT2D eigenvalue weighted by molar-refractivity contribution is 0.00424. The van der Waals surface area contributed by atoms with Gasteiger partial charge in [0.15, 0.2) is 0 Å². The summed E-state index contributed by atoms with van der Waals surface area (Å²) in [4.78, 5) is 19.6. The molecule has 0 atom stereocenters. The molecule has 0 unspecified atom stereocenters. The largest absolute Gasteiger partial charge is 0.353 e. The zero-order chi connectivity index (χ0) is 17.5. The third-order valence-electron chi connectivity index (χ3n) is 3.29. The molecule has 24 heavy (non-hydrogen) atoms. The lowest BCUT2D eigenvalue weighted by Gasteiger charge is -2.15. The molecular weight excluding hydrogens is 392 g/mol. The molecule has 0 amide bonds. The van der Waals surface area contributed by atoms with Crippen molar-refractivity contribution in [3.63, 3.8) is 0 Å². The number of benzene rings is 2. The molecule has 0 fully saturated rings. The van der Waals surface area contributed by atoms with Crippen molar-refractivity contribution in [3.8, 4) is 0 Å². The number of hydrogen-bond donors (Lipinski definition) is 0. The second-order valence-electron chi connectivity index (χ2n) is 4.92. The van der Waals surface area contributed by atoms with Gasteiger partial charge >= 0.3 is 5.92 Å². The minimum atomic E-state index is -4.10. The van der Waals surface area contributed by atoms with E-state index < -0.39 is 34.6 Å². The van der Waals surface area contributed by atoms with Crippen LogP contribution in [0.4, 0.5) is 17.6 Å². The first-order valence-corrected chi connectivity index (χ1v) is 7.39. The smallest absolute Gasteiger partial charge is 0.287 e. The minimum absolute atomic E-state index is 0.155. The number of ketones is 1. The number of alkyl halides is 2. The van der Waals surface area contributed by atoms with E-state index >= 15 is 0 Å². The lowest BCUT2D eigenvalue weighted by atomic mass is 10.0. The van der Waals surface area contributed by atoms with Crippen molar-refractivity contribution in [1.82, 2.24) is 9.97 Å². The van der Waals surface area contributed by atoms with E-state index in [2.05, 4.69) is 25.9 Å². The van der Waals surface area contributed by atoms with E-state index in [-0.39, 0.29) is 5.52 Å². The molecule has 0 saturated carbocycles. The van der Waals surface area contributed by atoms with Crippen molar-refractivity contribution in [2.45, 2.75) is 5.92 Å². The molecule has 2 aromatic carbocycles. The van der Waals surface area contributed by atoms with Crippen LogP contribution in [-0.2, 0) is 5.92 Å². The predicted octanol–water partition coefficient (Wildman–Crippen LogP) is 4.65. The summed E-state index contributed by atoms with van der Waals surface area (Å²) in [6, 6.07) is 6.39. The Hall–Kier alpha value is -2.35. The van der Waals surface area contributed by atoms with Gasteiger partial charge in [0.25, 0.3) is 0 Å². The standard InChI is InChI=1S/C16H7BrF4N2O/c17-8-1-4-12-13(5-8)22-7-14(23-12)16(20,21)15(24)10-3-2-9(18)6-11(10)19/h1-7H. The highest BCUT2D eigenvalue weighted by atomic mass is 79.9. The van der Waals surface area contributed by atoms with Gasteiger partial charge in [0.1, 0.15) is 17.3 Å². The predicted molar refractivity (Wildman–Crippen MR) is 81.8 cm³/mol. The van der Waals surface area contributed by atoms with Crippen molar-refractivity contribution in [2.24, 2.45) is 0 Å². The number of rotatable bonds is 3. The first-order valence-electron chi connectivity index (χ1n) is 6.59. The van der Waals surface area contributed by atoms with E-state index in [1.54, 1.807) is 12.1 Å². The Balaban J connectivity index is 2.06. The fourth-order valence-electron chi connectivity index (χ4n) is 2.09. The summed E-state index contributed by atoms with van der Waals surface area (Å²) in [7, 11) is 0. The molecule has 0 N–H and O–H groups in total. The number of nitrogens with zero attached hydrogens (tertiary/aromatic N) is 2. The van der Waals surface area contributed by atoms with Crippen LogP contribution in [0.1, 0.15) is 16.1 Å². The molecule has 122 valence electrons. The van der Waals surface area contributed by atoms with Crippen molar-refractivity contribution < 1.29 is 22.4 Å². The van der Waals surface area contributed by atoms with Crippen molar-refractivity contribution in [1.29, 1.82) is 0 Å². The Morgan fingerprint density at radius 2 is 1.79 bits per heavy atom. The molecule has 1 aromatic heterocycles. The van der Waals surface area contributed by atoms with E-state index in [0.29, 0.717) is 22.1 Å². The molecule has 0 bridgehead atoms. The molecule has 3 aromatic rings. The molecule has 0 radical (unpaired) electrons. The van der Waals surface area contributed by atoms with E-state index in [0.717, 1.165) is 12.3 Å². The second-order valence-corrected chi connectivity index (χ2v) is 5.83. The van der Waals surface area contributed by atoms with Gasteiger partial charge in [0.2, 0.25) is 5.78 Å². The van der Waals surface area contributed by atoms with Crippen LogP contribution < -0.4 is 0 Å². The monoisotopic (exact) mass is 398 g/mol. The summed E-state index contributed by atoms with van der Waals surface area (Å²) in [5.41, 5.74) is -1.32. The highest BCUT2D eigenvalue weighted by Crippen LogP contribution is 2.32. The average Bonchev–Trinajstić information content (AvgIpc) is 2.53. The summed E-state index contributed by atoms with van der Waals surface area (Å²) in [5.74, 6) is -8.25. The number of halogens is 5. The molecule has 0 spiro atoms. The number of aromatic nitrogens is 2. The van der Waals surface area contributed by atoms with Crippen LogP contribution in [-0.4, -0.2) is 15.8 Å². The fourth-order valence-corrected chi connectivity index (χ4v) is 2.44. The quantitative estimate of drug-likeness (QED) is 0.476. The Labute approximate surface area is 141 Å². The minimum Gasteiger partial charge on any atom is -0.287 e. The van der Waals surface area contributed by atoms with Crippen LogP contribution in [0.15, 0.2) is 47.1 Å². The fraction of sp³-hybridized carbons (Fsp3) is 0.0625.